The molecule has 1 saturated carbocycles. The highest BCUT2D eigenvalue weighted by atomic mass is 16.5. The molecule has 94 valence electrons. The first kappa shape index (κ1) is 13.5. The van der Waals surface area contributed by atoms with Gasteiger partial charge in [0.2, 0.25) is 5.91 Å². The fourth-order valence-electron chi connectivity index (χ4n) is 1.85. The van der Waals surface area contributed by atoms with E-state index < -0.39 is 0 Å². The second-order valence-electron chi connectivity index (χ2n) is 4.53. The van der Waals surface area contributed by atoms with Gasteiger partial charge in [0.15, 0.2) is 0 Å². The van der Waals surface area contributed by atoms with Crippen molar-refractivity contribution in [3.8, 4) is 0 Å². The Hall–Kier alpha value is -0.610. The molecule has 0 spiro atoms. The third-order valence-corrected chi connectivity index (χ3v) is 3.22. The summed E-state index contributed by atoms with van der Waals surface area (Å²) in [6, 6.07) is 0.470. The lowest BCUT2D eigenvalue weighted by Crippen LogP contribution is -2.37. The van der Waals surface area contributed by atoms with E-state index in [0.29, 0.717) is 31.5 Å². The number of amides is 1. The third kappa shape index (κ3) is 4.10. The number of hydrogen-bond donors (Lipinski definition) is 1. The van der Waals surface area contributed by atoms with Gasteiger partial charge in [-0.15, -0.1) is 0 Å². The predicted octanol–water partition coefficient (Wildman–Crippen LogP) is 0.999. The van der Waals surface area contributed by atoms with E-state index in [2.05, 4.69) is 6.92 Å². The van der Waals surface area contributed by atoms with Crippen LogP contribution < -0.4 is 5.73 Å². The van der Waals surface area contributed by atoms with Crippen molar-refractivity contribution in [2.45, 2.75) is 38.6 Å². The summed E-state index contributed by atoms with van der Waals surface area (Å²) in [6.07, 6.45) is 3.86. The van der Waals surface area contributed by atoms with Crippen molar-refractivity contribution in [2.24, 2.45) is 11.7 Å². The maximum absolute atomic E-state index is 12.1. The summed E-state index contributed by atoms with van der Waals surface area (Å²) in [6.45, 7) is 4.04. The first-order chi connectivity index (χ1) is 7.72. The number of nitrogens with two attached hydrogens (primary N) is 1. The molecule has 0 aromatic heterocycles. The van der Waals surface area contributed by atoms with Crippen LogP contribution in [-0.2, 0) is 9.53 Å². The molecule has 4 heteroatoms. The average Bonchev–Trinajstić information content (AvgIpc) is 3.10. The normalized spacial score (nSPS) is 17.2. The zero-order valence-corrected chi connectivity index (χ0v) is 10.4. The number of carbonyl (C=O) groups is 1. The van der Waals surface area contributed by atoms with Gasteiger partial charge in [0.25, 0.3) is 0 Å². The SMILES string of the molecule is CCC(CN)CC(=O)N(CCOC)C1CC1. The van der Waals surface area contributed by atoms with Gasteiger partial charge in [-0.1, -0.05) is 13.3 Å². The minimum atomic E-state index is 0.247. The zero-order chi connectivity index (χ0) is 12.0. The van der Waals surface area contributed by atoms with Crippen LogP contribution in [-0.4, -0.2) is 43.7 Å². The van der Waals surface area contributed by atoms with Gasteiger partial charge >= 0.3 is 0 Å². The van der Waals surface area contributed by atoms with E-state index in [1.807, 2.05) is 4.90 Å². The van der Waals surface area contributed by atoms with Gasteiger partial charge in [-0.25, -0.2) is 0 Å². The van der Waals surface area contributed by atoms with Crippen molar-refractivity contribution in [1.29, 1.82) is 0 Å². The van der Waals surface area contributed by atoms with Crippen LogP contribution >= 0.6 is 0 Å². The summed E-state index contributed by atoms with van der Waals surface area (Å²) in [5, 5.41) is 0. The van der Waals surface area contributed by atoms with Gasteiger partial charge in [-0.05, 0) is 25.3 Å². The van der Waals surface area contributed by atoms with Crippen LogP contribution in [0.15, 0.2) is 0 Å². The Morgan fingerprint density at radius 1 is 1.56 bits per heavy atom. The van der Waals surface area contributed by atoms with Crippen LogP contribution in [0.25, 0.3) is 0 Å². The Balaban J connectivity index is 2.40. The minimum Gasteiger partial charge on any atom is -0.383 e. The van der Waals surface area contributed by atoms with Gasteiger partial charge < -0.3 is 15.4 Å². The summed E-state index contributed by atoms with van der Waals surface area (Å²) in [4.78, 5) is 14.0. The summed E-state index contributed by atoms with van der Waals surface area (Å²) >= 11 is 0. The molecule has 0 aliphatic heterocycles. The molecule has 1 amide bonds. The van der Waals surface area contributed by atoms with Crippen LogP contribution in [0.3, 0.4) is 0 Å². The lowest BCUT2D eigenvalue weighted by atomic mass is 10.0. The number of hydrogen-bond acceptors (Lipinski definition) is 3. The Morgan fingerprint density at radius 2 is 2.25 bits per heavy atom. The van der Waals surface area contributed by atoms with Crippen molar-refractivity contribution < 1.29 is 9.53 Å². The standard InChI is InChI=1S/C12H24N2O2/c1-3-10(9-13)8-12(15)14(6-7-16-2)11-4-5-11/h10-11H,3-9,13H2,1-2H3. The first-order valence-corrected chi connectivity index (χ1v) is 6.21. The second kappa shape index (κ2) is 6.86. The fraction of sp³-hybridized carbons (Fsp3) is 0.917. The van der Waals surface area contributed by atoms with Crippen LogP contribution in [0.4, 0.5) is 0 Å². The molecule has 2 N–H and O–H groups in total. The predicted molar refractivity (Wildman–Crippen MR) is 64.1 cm³/mol. The molecule has 0 saturated heterocycles. The fourth-order valence-corrected chi connectivity index (χ4v) is 1.85. The molecule has 0 heterocycles. The van der Waals surface area contributed by atoms with Crippen molar-refractivity contribution in [3.63, 3.8) is 0 Å². The molecule has 1 unspecified atom stereocenters. The molecule has 1 atom stereocenters. The van der Waals surface area contributed by atoms with Crippen molar-refractivity contribution in [3.05, 3.63) is 0 Å². The second-order valence-corrected chi connectivity index (χ2v) is 4.53. The Morgan fingerprint density at radius 3 is 2.69 bits per heavy atom. The Kier molecular flexibility index (Phi) is 5.77. The van der Waals surface area contributed by atoms with E-state index >= 15 is 0 Å². The highest BCUT2D eigenvalue weighted by molar-refractivity contribution is 5.77. The molecule has 0 aromatic carbocycles. The molecule has 0 bridgehead atoms. The van der Waals surface area contributed by atoms with Crippen LogP contribution in [0.5, 0.6) is 0 Å². The third-order valence-electron chi connectivity index (χ3n) is 3.22. The maximum atomic E-state index is 12.1. The maximum Gasteiger partial charge on any atom is 0.223 e. The number of ether oxygens (including phenoxy) is 1. The zero-order valence-electron chi connectivity index (χ0n) is 10.4. The Labute approximate surface area is 98.1 Å². The largest absolute Gasteiger partial charge is 0.383 e. The van der Waals surface area contributed by atoms with Gasteiger partial charge in [0.1, 0.15) is 0 Å². The summed E-state index contributed by atoms with van der Waals surface area (Å²) in [7, 11) is 1.67. The number of rotatable bonds is 8. The molecule has 1 rings (SSSR count). The average molecular weight is 228 g/mol. The van der Waals surface area contributed by atoms with E-state index in [-0.39, 0.29) is 5.91 Å². The van der Waals surface area contributed by atoms with Gasteiger partial charge in [0, 0.05) is 26.1 Å². The molecule has 0 aromatic rings. The lowest BCUT2D eigenvalue weighted by molar-refractivity contribution is -0.133. The first-order valence-electron chi connectivity index (χ1n) is 6.21. The van der Waals surface area contributed by atoms with Crippen LogP contribution in [0, 0.1) is 5.92 Å². The van der Waals surface area contributed by atoms with E-state index in [4.69, 9.17) is 10.5 Å². The minimum absolute atomic E-state index is 0.247. The molecular weight excluding hydrogens is 204 g/mol. The number of carbonyl (C=O) groups excluding carboxylic acids is 1. The van der Waals surface area contributed by atoms with Crippen molar-refractivity contribution >= 4 is 5.91 Å². The quantitative estimate of drug-likeness (QED) is 0.674. The highest BCUT2D eigenvalue weighted by Gasteiger charge is 2.32. The van der Waals surface area contributed by atoms with Gasteiger partial charge in [0.05, 0.1) is 6.61 Å². The molecular formula is C12H24N2O2. The van der Waals surface area contributed by atoms with E-state index in [9.17, 15) is 4.79 Å². The van der Waals surface area contributed by atoms with E-state index in [1.54, 1.807) is 7.11 Å². The molecule has 1 aliphatic carbocycles. The molecule has 1 fully saturated rings. The van der Waals surface area contributed by atoms with E-state index in [1.165, 1.54) is 0 Å². The van der Waals surface area contributed by atoms with Crippen molar-refractivity contribution in [1.82, 2.24) is 4.90 Å². The summed E-state index contributed by atoms with van der Waals surface area (Å²) < 4.78 is 5.04. The number of nitrogens with zero attached hydrogens (tertiary/aromatic N) is 1. The summed E-state index contributed by atoms with van der Waals surface area (Å²) in [5.74, 6) is 0.577. The highest BCUT2D eigenvalue weighted by Crippen LogP contribution is 2.27. The topological polar surface area (TPSA) is 55.6 Å². The molecule has 0 radical (unpaired) electrons. The molecule has 1 aliphatic rings. The van der Waals surface area contributed by atoms with Gasteiger partial charge in [-0.2, -0.15) is 0 Å². The Bertz CT molecular complexity index is 213. The monoisotopic (exact) mass is 228 g/mol. The van der Waals surface area contributed by atoms with Crippen LogP contribution in [0.2, 0.25) is 0 Å². The lowest BCUT2D eigenvalue weighted by Gasteiger charge is -2.24. The van der Waals surface area contributed by atoms with Crippen LogP contribution in [0.1, 0.15) is 32.6 Å². The molecule has 4 nitrogen and oxygen atoms in total. The summed E-state index contributed by atoms with van der Waals surface area (Å²) in [5.41, 5.74) is 5.63. The van der Waals surface area contributed by atoms with E-state index in [0.717, 1.165) is 25.8 Å². The smallest absolute Gasteiger partial charge is 0.223 e. The van der Waals surface area contributed by atoms with Crippen molar-refractivity contribution in [2.75, 3.05) is 26.8 Å². The number of methoxy groups -OCH3 is 1. The molecule has 16 heavy (non-hydrogen) atoms. The van der Waals surface area contributed by atoms with Gasteiger partial charge in [-0.3, -0.25) is 4.79 Å².